The molecule has 100 valence electrons. The van der Waals surface area contributed by atoms with E-state index in [4.69, 9.17) is 14.2 Å². The Morgan fingerprint density at radius 3 is 2.50 bits per heavy atom. The summed E-state index contributed by atoms with van der Waals surface area (Å²) >= 11 is 0. The highest BCUT2D eigenvalue weighted by molar-refractivity contribution is 6.00. The molecule has 0 saturated heterocycles. The molecule has 0 amide bonds. The first-order valence-electron chi connectivity index (χ1n) is 6.08. The van der Waals surface area contributed by atoms with Crippen molar-refractivity contribution in [2.24, 2.45) is 0 Å². The number of carbonyl (C=O) groups is 1. The van der Waals surface area contributed by atoms with E-state index < -0.39 is 12.1 Å². The number of esters is 1. The van der Waals surface area contributed by atoms with Crippen LogP contribution < -0.4 is 0 Å². The third kappa shape index (κ3) is 3.22. The molecule has 1 unspecified atom stereocenters. The van der Waals surface area contributed by atoms with E-state index in [1.54, 1.807) is 12.9 Å². The highest BCUT2D eigenvalue weighted by Crippen LogP contribution is 2.27. The van der Waals surface area contributed by atoms with Crippen molar-refractivity contribution < 1.29 is 23.8 Å². The zero-order chi connectivity index (χ0) is 13.5. The molecule has 0 aromatic carbocycles. The lowest BCUT2D eigenvalue weighted by Gasteiger charge is -2.26. The van der Waals surface area contributed by atoms with Crippen LogP contribution in [0, 0.1) is 0 Å². The van der Waals surface area contributed by atoms with Crippen molar-refractivity contribution >= 4 is 11.9 Å². The van der Waals surface area contributed by atoms with Crippen LogP contribution in [0.15, 0.2) is 17.1 Å². The Hall–Kier alpha value is -1.58. The van der Waals surface area contributed by atoms with Crippen LogP contribution in [0.2, 0.25) is 0 Å². The zero-order valence-corrected chi connectivity index (χ0v) is 10.9. The molecule has 1 atom stereocenters. The molecule has 0 fully saturated rings. The molecule has 0 radical (unpaired) electrons. The summed E-state index contributed by atoms with van der Waals surface area (Å²) in [5.41, 5.74) is -0.167. The van der Waals surface area contributed by atoms with Gasteiger partial charge in [0.2, 0.25) is 0 Å². The van der Waals surface area contributed by atoms with Gasteiger partial charge < -0.3 is 14.2 Å². The van der Waals surface area contributed by atoms with Crippen LogP contribution in [-0.2, 0) is 23.8 Å². The molecule has 1 aliphatic rings. The lowest BCUT2D eigenvalue weighted by atomic mass is 10.1. The summed E-state index contributed by atoms with van der Waals surface area (Å²) in [6.45, 7) is 6.42. The third-order valence-corrected chi connectivity index (χ3v) is 2.37. The Labute approximate surface area is 106 Å². The first-order chi connectivity index (χ1) is 8.65. The van der Waals surface area contributed by atoms with Crippen molar-refractivity contribution in [1.82, 2.24) is 0 Å². The number of ether oxygens (including phenoxy) is 3. The van der Waals surface area contributed by atoms with E-state index in [9.17, 15) is 9.59 Å². The number of allylic oxidation sites excluding steroid dienone is 1. The number of rotatable bonds is 6. The van der Waals surface area contributed by atoms with Gasteiger partial charge in [0.1, 0.15) is 11.7 Å². The minimum atomic E-state index is -0.796. The van der Waals surface area contributed by atoms with Crippen molar-refractivity contribution in [3.8, 4) is 0 Å². The third-order valence-electron chi connectivity index (χ3n) is 2.37. The second-order valence-corrected chi connectivity index (χ2v) is 3.92. The molecule has 1 aliphatic heterocycles. The summed E-state index contributed by atoms with van der Waals surface area (Å²) < 4.78 is 16.0. The Kier molecular flexibility index (Phi) is 5.62. The van der Waals surface area contributed by atoms with Gasteiger partial charge in [0.05, 0.1) is 6.61 Å². The quantitative estimate of drug-likeness (QED) is 0.410. The van der Waals surface area contributed by atoms with Crippen LogP contribution in [0.3, 0.4) is 0 Å². The summed E-state index contributed by atoms with van der Waals surface area (Å²) in [4.78, 5) is 22.4. The van der Waals surface area contributed by atoms with Crippen molar-refractivity contribution in [2.75, 3.05) is 13.2 Å². The smallest absolute Gasteiger partial charge is 0.353 e. The molecule has 5 heteroatoms. The van der Waals surface area contributed by atoms with Gasteiger partial charge in [0, 0.05) is 6.61 Å². The Bertz CT molecular complexity index is 390. The minimum Gasteiger partial charge on any atom is -0.491 e. The molecule has 0 saturated carbocycles. The molecule has 0 N–H and O–H groups in total. The van der Waals surface area contributed by atoms with E-state index in [2.05, 4.69) is 0 Å². The largest absolute Gasteiger partial charge is 0.491 e. The van der Waals surface area contributed by atoms with Crippen LogP contribution in [0.4, 0.5) is 0 Å². The standard InChI is InChI=1S/C13H18O5/c1-4-6-16-11-9(3)18-13(15)10(8-14)12(11)17-7-5-2/h12H,4-7H2,1-3H3. The summed E-state index contributed by atoms with van der Waals surface area (Å²) in [6.07, 6.45) is 0.790. The van der Waals surface area contributed by atoms with Gasteiger partial charge in [-0.05, 0) is 19.8 Å². The summed E-state index contributed by atoms with van der Waals surface area (Å²) in [5, 5.41) is 0. The van der Waals surface area contributed by atoms with Crippen LogP contribution in [0.25, 0.3) is 0 Å². The Morgan fingerprint density at radius 2 is 1.94 bits per heavy atom. The van der Waals surface area contributed by atoms with Crippen LogP contribution in [0.1, 0.15) is 33.6 Å². The molecular formula is C13H18O5. The van der Waals surface area contributed by atoms with Crippen molar-refractivity contribution in [1.29, 1.82) is 0 Å². The fourth-order valence-corrected chi connectivity index (χ4v) is 1.55. The molecular weight excluding hydrogens is 236 g/mol. The average molecular weight is 254 g/mol. The van der Waals surface area contributed by atoms with Gasteiger partial charge in [0.15, 0.2) is 17.4 Å². The highest BCUT2D eigenvalue weighted by Gasteiger charge is 2.36. The van der Waals surface area contributed by atoms with Crippen molar-refractivity contribution in [3.63, 3.8) is 0 Å². The summed E-state index contributed by atoms with van der Waals surface area (Å²) in [6, 6.07) is 0. The first kappa shape index (κ1) is 14.5. The average Bonchev–Trinajstić information content (AvgIpc) is 2.35. The fraction of sp³-hybridized carbons (Fsp3) is 0.615. The van der Waals surface area contributed by atoms with E-state index in [1.807, 2.05) is 13.8 Å². The SMILES string of the molecule is CCCOC1=C(C)OC(=O)C(=C=O)C1OCCC. The molecule has 0 aliphatic carbocycles. The van der Waals surface area contributed by atoms with E-state index in [-0.39, 0.29) is 5.57 Å². The normalized spacial score (nSPS) is 19.6. The molecule has 0 bridgehead atoms. The molecule has 1 rings (SSSR count). The fourth-order valence-electron chi connectivity index (χ4n) is 1.55. The first-order valence-corrected chi connectivity index (χ1v) is 6.08. The van der Waals surface area contributed by atoms with Gasteiger partial charge in [-0.1, -0.05) is 13.8 Å². The molecule has 0 spiro atoms. The highest BCUT2D eigenvalue weighted by atomic mass is 16.6. The predicted molar refractivity (Wildman–Crippen MR) is 64.3 cm³/mol. The molecule has 0 aromatic heterocycles. The molecule has 0 aromatic rings. The topological polar surface area (TPSA) is 61.8 Å². The number of carbonyl (C=O) groups excluding carboxylic acids is 2. The number of hydrogen-bond donors (Lipinski definition) is 0. The van der Waals surface area contributed by atoms with Crippen LogP contribution in [-0.4, -0.2) is 31.2 Å². The molecule has 18 heavy (non-hydrogen) atoms. The summed E-state index contributed by atoms with van der Waals surface area (Å²) in [5.74, 6) is 1.61. The van der Waals surface area contributed by atoms with E-state index in [0.29, 0.717) is 24.7 Å². The summed E-state index contributed by atoms with van der Waals surface area (Å²) in [7, 11) is 0. The van der Waals surface area contributed by atoms with Gasteiger partial charge >= 0.3 is 5.97 Å². The maximum Gasteiger partial charge on any atom is 0.353 e. The van der Waals surface area contributed by atoms with Gasteiger partial charge in [-0.15, -0.1) is 0 Å². The maximum atomic E-state index is 11.5. The van der Waals surface area contributed by atoms with E-state index in [0.717, 1.165) is 12.8 Å². The second-order valence-electron chi connectivity index (χ2n) is 3.92. The number of cyclic esters (lactones) is 1. The lowest BCUT2D eigenvalue weighted by Crippen LogP contribution is -2.33. The van der Waals surface area contributed by atoms with E-state index >= 15 is 0 Å². The maximum absolute atomic E-state index is 11.5. The molecule has 1 heterocycles. The lowest BCUT2D eigenvalue weighted by molar-refractivity contribution is -0.139. The monoisotopic (exact) mass is 254 g/mol. The Balaban J connectivity index is 3.01. The van der Waals surface area contributed by atoms with Crippen molar-refractivity contribution in [2.45, 2.75) is 39.7 Å². The van der Waals surface area contributed by atoms with Crippen LogP contribution in [0.5, 0.6) is 0 Å². The van der Waals surface area contributed by atoms with Crippen molar-refractivity contribution in [3.05, 3.63) is 17.1 Å². The predicted octanol–water partition coefficient (Wildman–Crippen LogP) is 1.75. The van der Waals surface area contributed by atoms with Gasteiger partial charge in [0.25, 0.3) is 0 Å². The zero-order valence-electron chi connectivity index (χ0n) is 10.9. The van der Waals surface area contributed by atoms with E-state index in [1.165, 1.54) is 0 Å². The number of hydrogen-bond acceptors (Lipinski definition) is 5. The minimum absolute atomic E-state index is 0.167. The molecule has 5 nitrogen and oxygen atoms in total. The van der Waals surface area contributed by atoms with Crippen LogP contribution >= 0.6 is 0 Å². The Morgan fingerprint density at radius 1 is 1.28 bits per heavy atom. The van der Waals surface area contributed by atoms with Gasteiger partial charge in [-0.25, -0.2) is 9.59 Å². The van der Waals surface area contributed by atoms with Gasteiger partial charge in [-0.3, -0.25) is 0 Å². The van der Waals surface area contributed by atoms with Gasteiger partial charge in [-0.2, -0.15) is 0 Å². The second kappa shape index (κ2) is 6.99.